The SMILES string of the molecule is CCc1nc(-c2ccc(OC)c(Br)c2)n[nH]1. The fraction of sp³-hybridized carbons (Fsp3) is 0.273. The number of aromatic amines is 1. The fourth-order valence-electron chi connectivity index (χ4n) is 1.39. The van der Waals surface area contributed by atoms with Crippen LogP contribution >= 0.6 is 15.9 Å². The van der Waals surface area contributed by atoms with Crippen LogP contribution in [0.1, 0.15) is 12.7 Å². The molecule has 0 aliphatic rings. The van der Waals surface area contributed by atoms with Crippen LogP contribution in [0.3, 0.4) is 0 Å². The summed E-state index contributed by atoms with van der Waals surface area (Å²) in [7, 11) is 1.64. The first-order chi connectivity index (χ1) is 7.74. The molecule has 0 radical (unpaired) electrons. The average molecular weight is 282 g/mol. The van der Waals surface area contributed by atoms with E-state index < -0.39 is 0 Å². The van der Waals surface area contributed by atoms with Gasteiger partial charge in [-0.2, -0.15) is 5.10 Å². The van der Waals surface area contributed by atoms with E-state index in [-0.39, 0.29) is 0 Å². The van der Waals surface area contributed by atoms with E-state index in [1.165, 1.54) is 0 Å². The standard InChI is InChI=1S/C11H12BrN3O/c1-3-10-13-11(15-14-10)7-4-5-9(16-2)8(12)6-7/h4-6H,3H2,1-2H3,(H,13,14,15). The van der Waals surface area contributed by atoms with Crippen LogP contribution in [0.2, 0.25) is 0 Å². The second-order valence-corrected chi connectivity index (χ2v) is 4.16. The van der Waals surface area contributed by atoms with Gasteiger partial charge in [0.2, 0.25) is 0 Å². The smallest absolute Gasteiger partial charge is 0.181 e. The van der Waals surface area contributed by atoms with Crippen molar-refractivity contribution in [2.45, 2.75) is 13.3 Å². The number of aryl methyl sites for hydroxylation is 1. The Morgan fingerprint density at radius 2 is 2.25 bits per heavy atom. The maximum atomic E-state index is 5.17. The zero-order valence-electron chi connectivity index (χ0n) is 9.12. The number of hydrogen-bond donors (Lipinski definition) is 1. The molecule has 84 valence electrons. The van der Waals surface area contributed by atoms with Gasteiger partial charge in [0.25, 0.3) is 0 Å². The van der Waals surface area contributed by atoms with Crippen LogP contribution in [0.25, 0.3) is 11.4 Å². The van der Waals surface area contributed by atoms with E-state index in [0.29, 0.717) is 5.82 Å². The van der Waals surface area contributed by atoms with Gasteiger partial charge < -0.3 is 4.74 Å². The van der Waals surface area contributed by atoms with E-state index in [1.54, 1.807) is 7.11 Å². The van der Waals surface area contributed by atoms with Crippen molar-refractivity contribution in [3.05, 3.63) is 28.5 Å². The summed E-state index contributed by atoms with van der Waals surface area (Å²) in [5, 5.41) is 7.05. The summed E-state index contributed by atoms with van der Waals surface area (Å²) in [5.74, 6) is 2.40. The van der Waals surface area contributed by atoms with Crippen LogP contribution in [-0.2, 0) is 6.42 Å². The number of aromatic nitrogens is 3. The molecule has 1 aromatic carbocycles. The monoisotopic (exact) mass is 281 g/mol. The van der Waals surface area contributed by atoms with Crippen molar-refractivity contribution in [2.24, 2.45) is 0 Å². The van der Waals surface area contributed by atoms with Crippen molar-refractivity contribution in [3.8, 4) is 17.1 Å². The molecule has 0 aliphatic heterocycles. The van der Waals surface area contributed by atoms with Crippen LogP contribution in [-0.4, -0.2) is 22.3 Å². The Morgan fingerprint density at radius 3 is 2.81 bits per heavy atom. The quantitative estimate of drug-likeness (QED) is 0.941. The molecule has 0 saturated carbocycles. The van der Waals surface area contributed by atoms with Crippen LogP contribution in [0.15, 0.2) is 22.7 Å². The lowest BCUT2D eigenvalue weighted by Crippen LogP contribution is -1.86. The van der Waals surface area contributed by atoms with Gasteiger partial charge in [-0.25, -0.2) is 4.98 Å². The van der Waals surface area contributed by atoms with Gasteiger partial charge >= 0.3 is 0 Å². The van der Waals surface area contributed by atoms with Crippen molar-refractivity contribution in [1.29, 1.82) is 0 Å². The molecule has 2 rings (SSSR count). The molecular formula is C11H12BrN3O. The minimum absolute atomic E-state index is 0.709. The van der Waals surface area contributed by atoms with E-state index in [1.807, 2.05) is 25.1 Å². The topological polar surface area (TPSA) is 50.8 Å². The molecule has 0 saturated heterocycles. The Morgan fingerprint density at radius 1 is 1.44 bits per heavy atom. The van der Waals surface area contributed by atoms with Gasteiger partial charge in [-0.1, -0.05) is 6.92 Å². The summed E-state index contributed by atoms with van der Waals surface area (Å²) in [5.41, 5.74) is 0.962. The van der Waals surface area contributed by atoms with E-state index in [0.717, 1.165) is 28.0 Å². The van der Waals surface area contributed by atoms with Crippen LogP contribution in [0.5, 0.6) is 5.75 Å². The third-order valence-electron chi connectivity index (χ3n) is 2.28. The lowest BCUT2D eigenvalue weighted by Gasteiger charge is -2.03. The molecule has 1 N–H and O–H groups in total. The molecule has 0 fully saturated rings. The summed E-state index contributed by atoms with van der Waals surface area (Å²) in [6.07, 6.45) is 0.852. The van der Waals surface area contributed by atoms with Crippen molar-refractivity contribution in [1.82, 2.24) is 15.2 Å². The number of halogens is 1. The Labute approximate surface area is 102 Å². The Balaban J connectivity index is 2.37. The molecule has 1 heterocycles. The van der Waals surface area contributed by atoms with Gasteiger partial charge in [-0.05, 0) is 34.1 Å². The summed E-state index contributed by atoms with van der Waals surface area (Å²) < 4.78 is 6.07. The number of nitrogens with zero attached hydrogens (tertiary/aromatic N) is 2. The van der Waals surface area contributed by atoms with Gasteiger partial charge in [0.15, 0.2) is 5.82 Å². The predicted octanol–water partition coefficient (Wildman–Crippen LogP) is 2.81. The molecular weight excluding hydrogens is 270 g/mol. The first kappa shape index (κ1) is 11.1. The molecule has 0 spiro atoms. The van der Waals surface area contributed by atoms with E-state index >= 15 is 0 Å². The highest BCUT2D eigenvalue weighted by Gasteiger charge is 2.07. The van der Waals surface area contributed by atoms with Crippen LogP contribution < -0.4 is 4.74 Å². The molecule has 16 heavy (non-hydrogen) atoms. The zero-order valence-corrected chi connectivity index (χ0v) is 10.7. The molecule has 4 nitrogen and oxygen atoms in total. The van der Waals surface area contributed by atoms with Crippen molar-refractivity contribution in [2.75, 3.05) is 7.11 Å². The molecule has 0 unspecified atom stereocenters. The molecule has 1 aromatic heterocycles. The van der Waals surface area contributed by atoms with Gasteiger partial charge in [-0.3, -0.25) is 5.10 Å². The number of hydrogen-bond acceptors (Lipinski definition) is 3. The number of benzene rings is 1. The molecule has 0 atom stereocenters. The van der Waals surface area contributed by atoms with Gasteiger partial charge in [-0.15, -0.1) is 0 Å². The van der Waals surface area contributed by atoms with Gasteiger partial charge in [0.05, 0.1) is 11.6 Å². The summed E-state index contributed by atoms with van der Waals surface area (Å²) >= 11 is 3.44. The Kier molecular flexibility index (Phi) is 3.24. The van der Waals surface area contributed by atoms with Gasteiger partial charge in [0, 0.05) is 12.0 Å². The number of ether oxygens (including phenoxy) is 1. The first-order valence-corrected chi connectivity index (χ1v) is 5.79. The highest BCUT2D eigenvalue weighted by Crippen LogP contribution is 2.28. The third-order valence-corrected chi connectivity index (χ3v) is 2.90. The molecule has 0 bridgehead atoms. The lowest BCUT2D eigenvalue weighted by atomic mass is 10.2. The minimum Gasteiger partial charge on any atom is -0.496 e. The van der Waals surface area contributed by atoms with Crippen LogP contribution in [0.4, 0.5) is 0 Å². The second-order valence-electron chi connectivity index (χ2n) is 3.31. The maximum Gasteiger partial charge on any atom is 0.181 e. The fourth-order valence-corrected chi connectivity index (χ4v) is 1.93. The number of nitrogens with one attached hydrogen (secondary N) is 1. The van der Waals surface area contributed by atoms with Crippen LogP contribution in [0, 0.1) is 0 Å². The molecule has 0 aliphatic carbocycles. The van der Waals surface area contributed by atoms with Crippen molar-refractivity contribution >= 4 is 15.9 Å². The third kappa shape index (κ3) is 2.09. The zero-order chi connectivity index (χ0) is 11.5. The van der Waals surface area contributed by atoms with E-state index in [9.17, 15) is 0 Å². The van der Waals surface area contributed by atoms with Gasteiger partial charge in [0.1, 0.15) is 11.6 Å². The summed E-state index contributed by atoms with van der Waals surface area (Å²) in [4.78, 5) is 4.37. The summed E-state index contributed by atoms with van der Waals surface area (Å²) in [6.45, 7) is 2.04. The van der Waals surface area contributed by atoms with E-state index in [2.05, 4.69) is 31.1 Å². The summed E-state index contributed by atoms with van der Waals surface area (Å²) in [6, 6.07) is 5.77. The average Bonchev–Trinajstić information content (AvgIpc) is 2.77. The number of methoxy groups -OCH3 is 1. The maximum absolute atomic E-state index is 5.17. The van der Waals surface area contributed by atoms with Crippen molar-refractivity contribution in [3.63, 3.8) is 0 Å². The minimum atomic E-state index is 0.709. The van der Waals surface area contributed by atoms with Crippen molar-refractivity contribution < 1.29 is 4.74 Å². The molecule has 5 heteroatoms. The normalized spacial score (nSPS) is 10.4. The van der Waals surface area contributed by atoms with E-state index in [4.69, 9.17) is 4.74 Å². The Bertz CT molecular complexity index is 496. The predicted molar refractivity (Wildman–Crippen MR) is 65.4 cm³/mol. The molecule has 0 amide bonds. The highest BCUT2D eigenvalue weighted by molar-refractivity contribution is 9.10. The number of rotatable bonds is 3. The second kappa shape index (κ2) is 4.65. The Hall–Kier alpha value is -1.36. The number of H-pyrrole nitrogens is 1. The first-order valence-electron chi connectivity index (χ1n) is 4.99. The highest BCUT2D eigenvalue weighted by atomic mass is 79.9. The largest absolute Gasteiger partial charge is 0.496 e. The lowest BCUT2D eigenvalue weighted by molar-refractivity contribution is 0.412. The molecule has 2 aromatic rings.